The van der Waals surface area contributed by atoms with Gasteiger partial charge in [0.1, 0.15) is 12.2 Å². The molecule has 9 nitrogen and oxygen atoms in total. The predicted octanol–water partition coefficient (Wildman–Crippen LogP) is 3.47. The van der Waals surface area contributed by atoms with Gasteiger partial charge in [-0.15, -0.1) is 0 Å². The Morgan fingerprint density at radius 3 is 2.63 bits per heavy atom. The number of hydrogen-bond acceptors (Lipinski definition) is 6. The summed E-state index contributed by atoms with van der Waals surface area (Å²) in [6, 6.07) is 10.0. The molecule has 202 valence electrons. The van der Waals surface area contributed by atoms with E-state index in [0.29, 0.717) is 28.9 Å². The molecule has 3 aromatic rings. The van der Waals surface area contributed by atoms with Crippen LogP contribution in [0.3, 0.4) is 0 Å². The van der Waals surface area contributed by atoms with E-state index in [9.17, 15) is 18.0 Å². The normalized spacial score (nSPS) is 15.6. The van der Waals surface area contributed by atoms with Crippen molar-refractivity contribution in [2.24, 2.45) is 11.5 Å². The van der Waals surface area contributed by atoms with Gasteiger partial charge in [0, 0.05) is 47.8 Å². The number of hydrogen-bond donors (Lipinski definition) is 5. The first kappa shape index (κ1) is 26.9. The van der Waals surface area contributed by atoms with E-state index in [2.05, 4.69) is 20.5 Å². The van der Waals surface area contributed by atoms with Crippen molar-refractivity contribution in [3.05, 3.63) is 72.3 Å². The number of halogens is 3. The Kier molecular flexibility index (Phi) is 8.10. The molecule has 12 heteroatoms. The lowest BCUT2D eigenvalue weighted by Gasteiger charge is -2.33. The van der Waals surface area contributed by atoms with Gasteiger partial charge in [0.2, 0.25) is 0 Å². The first-order valence-corrected chi connectivity index (χ1v) is 12.2. The minimum absolute atomic E-state index is 0.348. The van der Waals surface area contributed by atoms with Crippen molar-refractivity contribution < 1.29 is 18.0 Å². The van der Waals surface area contributed by atoms with Crippen molar-refractivity contribution in [1.82, 2.24) is 24.9 Å². The van der Waals surface area contributed by atoms with Gasteiger partial charge in [-0.1, -0.05) is 12.1 Å². The molecule has 0 atom stereocenters. The summed E-state index contributed by atoms with van der Waals surface area (Å²) in [5.74, 6) is 0.673. The Hall–Kier alpha value is -4.19. The molecule has 4 rings (SSSR count). The average molecular weight is 529 g/mol. The van der Waals surface area contributed by atoms with Gasteiger partial charge < -0.3 is 32.3 Å². The highest BCUT2D eigenvalue weighted by molar-refractivity contribution is 5.90. The van der Waals surface area contributed by atoms with Gasteiger partial charge in [-0.2, -0.15) is 13.2 Å². The molecule has 0 spiro atoms. The molecule has 0 saturated carbocycles. The zero-order valence-corrected chi connectivity index (χ0v) is 20.9. The van der Waals surface area contributed by atoms with Crippen LogP contribution in [0.2, 0.25) is 0 Å². The van der Waals surface area contributed by atoms with E-state index in [1.54, 1.807) is 35.8 Å². The third kappa shape index (κ3) is 6.76. The van der Waals surface area contributed by atoms with Crippen LogP contribution in [-0.4, -0.2) is 59.2 Å². The SMILES string of the molecule is CNC1CCN(/C(N)=C/C=C(\N)c2ccn3c(-c4cccc(NC(=O)NCC(F)(F)F)c4)cnc3c2)CC1. The zero-order chi connectivity index (χ0) is 27.3. The van der Waals surface area contributed by atoms with Crippen LogP contribution < -0.4 is 27.4 Å². The standard InChI is InChI=1S/C26H31F3N8O/c1-32-19-8-10-36(11-9-19)23(31)6-5-21(30)17-7-12-37-22(15-33-24(37)14-17)18-3-2-4-20(13-18)35-25(38)34-16-26(27,28)29/h2-7,12-15,19,32H,8-11,16,30-31H2,1H3,(H2,34,35,38)/b21-5-,23-6+. The molecule has 1 saturated heterocycles. The first-order valence-electron chi connectivity index (χ1n) is 12.2. The molecule has 2 amide bonds. The number of imidazole rings is 1. The minimum Gasteiger partial charge on any atom is -0.398 e. The van der Waals surface area contributed by atoms with Crippen molar-refractivity contribution in [1.29, 1.82) is 0 Å². The van der Waals surface area contributed by atoms with Gasteiger partial charge in [-0.25, -0.2) is 9.78 Å². The summed E-state index contributed by atoms with van der Waals surface area (Å²) in [7, 11) is 1.98. The highest BCUT2D eigenvalue weighted by Crippen LogP contribution is 2.25. The van der Waals surface area contributed by atoms with E-state index in [1.807, 2.05) is 41.9 Å². The van der Waals surface area contributed by atoms with Crippen molar-refractivity contribution in [2.75, 3.05) is 32.0 Å². The number of urea groups is 1. The maximum atomic E-state index is 12.3. The summed E-state index contributed by atoms with van der Waals surface area (Å²) in [6.07, 6.45) is 4.70. The van der Waals surface area contributed by atoms with Crippen LogP contribution in [-0.2, 0) is 0 Å². The summed E-state index contributed by atoms with van der Waals surface area (Å²) in [6.45, 7) is 0.363. The number of rotatable bonds is 7. The number of fused-ring (bicyclic) bond motifs is 1. The summed E-state index contributed by atoms with van der Waals surface area (Å²) >= 11 is 0. The number of likely N-dealkylation sites (tertiary alicyclic amines) is 1. The predicted molar refractivity (Wildman–Crippen MR) is 142 cm³/mol. The fourth-order valence-electron chi connectivity index (χ4n) is 4.29. The second-order valence-electron chi connectivity index (χ2n) is 9.05. The lowest BCUT2D eigenvalue weighted by molar-refractivity contribution is -0.122. The van der Waals surface area contributed by atoms with E-state index in [-0.39, 0.29) is 0 Å². The van der Waals surface area contributed by atoms with E-state index in [0.717, 1.165) is 42.8 Å². The average Bonchev–Trinajstić information content (AvgIpc) is 3.33. The van der Waals surface area contributed by atoms with Gasteiger partial charge in [-0.3, -0.25) is 4.40 Å². The number of nitrogens with two attached hydrogens (primary N) is 2. The number of anilines is 1. The molecule has 0 bridgehead atoms. The lowest BCUT2D eigenvalue weighted by atomic mass is 10.1. The van der Waals surface area contributed by atoms with Crippen molar-refractivity contribution in [3.63, 3.8) is 0 Å². The van der Waals surface area contributed by atoms with Gasteiger partial charge in [0.15, 0.2) is 0 Å². The highest BCUT2D eigenvalue weighted by atomic mass is 19.4. The summed E-state index contributed by atoms with van der Waals surface area (Å²) in [5, 5.41) is 7.50. The fourth-order valence-corrected chi connectivity index (χ4v) is 4.29. The zero-order valence-electron chi connectivity index (χ0n) is 20.9. The second kappa shape index (κ2) is 11.5. The van der Waals surface area contributed by atoms with Gasteiger partial charge in [0.05, 0.1) is 17.7 Å². The van der Waals surface area contributed by atoms with Gasteiger partial charge in [-0.05, 0) is 56.3 Å². The number of benzene rings is 1. The molecule has 7 N–H and O–H groups in total. The number of carbonyl (C=O) groups is 1. The molecule has 1 aliphatic rings. The maximum absolute atomic E-state index is 12.3. The summed E-state index contributed by atoms with van der Waals surface area (Å²) in [4.78, 5) is 18.4. The molecule has 3 heterocycles. The van der Waals surface area contributed by atoms with Crippen LogP contribution in [0, 0.1) is 0 Å². The molecular formula is C26H31F3N8O. The number of nitrogens with zero attached hydrogens (tertiary/aromatic N) is 3. The van der Waals surface area contributed by atoms with Crippen molar-refractivity contribution in [3.8, 4) is 11.3 Å². The van der Waals surface area contributed by atoms with E-state index in [1.165, 1.54) is 0 Å². The van der Waals surface area contributed by atoms with Crippen LogP contribution in [0.4, 0.5) is 23.7 Å². The van der Waals surface area contributed by atoms with Crippen molar-refractivity contribution in [2.45, 2.75) is 25.1 Å². The quantitative estimate of drug-likeness (QED) is 0.299. The minimum atomic E-state index is -4.49. The molecule has 2 aromatic heterocycles. The first-order chi connectivity index (χ1) is 18.1. The van der Waals surface area contributed by atoms with Crippen LogP contribution in [0.25, 0.3) is 22.6 Å². The molecular weight excluding hydrogens is 497 g/mol. The van der Waals surface area contributed by atoms with Gasteiger partial charge in [0.25, 0.3) is 0 Å². The Morgan fingerprint density at radius 1 is 1.16 bits per heavy atom. The monoisotopic (exact) mass is 528 g/mol. The Labute approximate surface area is 218 Å². The number of carbonyl (C=O) groups excluding carboxylic acids is 1. The summed E-state index contributed by atoms with van der Waals surface area (Å²) < 4.78 is 38.9. The Bertz CT molecular complexity index is 1340. The van der Waals surface area contributed by atoms with E-state index >= 15 is 0 Å². The molecule has 0 unspecified atom stereocenters. The van der Waals surface area contributed by atoms with Gasteiger partial charge >= 0.3 is 12.2 Å². The smallest absolute Gasteiger partial charge is 0.398 e. The van der Waals surface area contributed by atoms with Crippen LogP contribution in [0.1, 0.15) is 18.4 Å². The molecule has 0 aliphatic carbocycles. The number of amides is 2. The fraction of sp³-hybridized carbons (Fsp3) is 0.308. The van der Waals surface area contributed by atoms with E-state index < -0.39 is 18.8 Å². The lowest BCUT2D eigenvalue weighted by Crippen LogP contribution is -2.42. The highest BCUT2D eigenvalue weighted by Gasteiger charge is 2.27. The summed E-state index contributed by atoms with van der Waals surface area (Å²) in [5.41, 5.74) is 16.4. The molecule has 1 aromatic carbocycles. The van der Waals surface area contributed by atoms with Crippen LogP contribution >= 0.6 is 0 Å². The molecule has 1 fully saturated rings. The molecule has 1 aliphatic heterocycles. The third-order valence-corrected chi connectivity index (χ3v) is 6.41. The van der Waals surface area contributed by atoms with Crippen molar-refractivity contribution >= 4 is 23.1 Å². The third-order valence-electron chi connectivity index (χ3n) is 6.41. The number of alkyl halides is 3. The number of piperidine rings is 1. The Balaban J connectivity index is 1.46. The van der Waals surface area contributed by atoms with Crippen LogP contribution in [0.5, 0.6) is 0 Å². The largest absolute Gasteiger partial charge is 0.405 e. The number of aromatic nitrogens is 2. The second-order valence-corrected chi connectivity index (χ2v) is 9.05. The topological polar surface area (TPSA) is 126 Å². The number of allylic oxidation sites excluding steroid dienone is 2. The number of pyridine rings is 1. The number of nitrogens with one attached hydrogen (secondary N) is 3. The van der Waals surface area contributed by atoms with E-state index in [4.69, 9.17) is 11.5 Å². The maximum Gasteiger partial charge on any atom is 0.405 e. The van der Waals surface area contributed by atoms with Crippen LogP contribution in [0.15, 0.2) is 66.8 Å². The molecule has 0 radical (unpaired) electrons. The molecule has 38 heavy (non-hydrogen) atoms. The Morgan fingerprint density at radius 2 is 1.92 bits per heavy atom.